The molecule has 0 saturated heterocycles. The Hall–Kier alpha value is -4.48. The second kappa shape index (κ2) is 14.8. The van der Waals surface area contributed by atoms with Gasteiger partial charge in [0.1, 0.15) is 0 Å². The first kappa shape index (κ1) is 31.1. The molecule has 2 amide bonds. The van der Waals surface area contributed by atoms with Crippen LogP contribution in [0.1, 0.15) is 33.2 Å². The summed E-state index contributed by atoms with van der Waals surface area (Å²) < 4.78 is 26.8. The molecular formula is C28H27Cl2N3O8. The highest BCUT2D eigenvalue weighted by atomic mass is 35.5. The zero-order valence-electron chi connectivity index (χ0n) is 22.6. The molecule has 3 aromatic rings. The second-order valence-electron chi connectivity index (χ2n) is 8.04. The van der Waals surface area contributed by atoms with Crippen LogP contribution in [0.25, 0.3) is 0 Å². The number of nitrogens with zero attached hydrogens (tertiary/aromatic N) is 1. The lowest BCUT2D eigenvalue weighted by molar-refractivity contribution is -0.120. The van der Waals surface area contributed by atoms with Gasteiger partial charge in [-0.05, 0) is 61.0 Å². The van der Waals surface area contributed by atoms with E-state index in [0.717, 1.165) is 0 Å². The third-order valence-corrected chi connectivity index (χ3v) is 5.91. The summed E-state index contributed by atoms with van der Waals surface area (Å²) in [5.74, 6) is -0.415. The predicted octanol–water partition coefficient (Wildman–Crippen LogP) is 4.52. The normalized spacial score (nSPS) is 10.6. The van der Waals surface area contributed by atoms with Crippen LogP contribution in [-0.2, 0) is 4.79 Å². The third kappa shape index (κ3) is 8.26. The lowest BCUT2D eigenvalue weighted by atomic mass is 10.1. The van der Waals surface area contributed by atoms with Crippen molar-refractivity contribution in [3.8, 4) is 28.7 Å². The maximum atomic E-state index is 12.6. The molecule has 0 fully saturated rings. The summed E-state index contributed by atoms with van der Waals surface area (Å²) in [6, 6.07) is 12.1. The Bertz CT molecular complexity index is 1440. The molecule has 0 unspecified atom stereocenters. The van der Waals surface area contributed by atoms with E-state index in [-0.39, 0.29) is 34.2 Å². The summed E-state index contributed by atoms with van der Waals surface area (Å²) >= 11 is 12.0. The van der Waals surface area contributed by atoms with E-state index in [1.165, 1.54) is 63.9 Å². The molecule has 13 heteroatoms. The SMILES string of the molecule is CCOc1cc(/C=N/NC(=O)CNC(=O)c2cc(OC)c(OC)c(OC)c2)ccc1OC(=O)c1ccc(Cl)cc1Cl. The Balaban J connectivity index is 1.61. The molecule has 0 aliphatic carbocycles. The number of rotatable bonds is 12. The number of amides is 2. The van der Waals surface area contributed by atoms with Crippen LogP contribution < -0.4 is 34.4 Å². The Morgan fingerprint density at radius 3 is 2.20 bits per heavy atom. The van der Waals surface area contributed by atoms with Crippen molar-refractivity contribution in [3.63, 3.8) is 0 Å². The fraction of sp³-hybridized carbons (Fsp3) is 0.214. The van der Waals surface area contributed by atoms with Crippen molar-refractivity contribution in [1.82, 2.24) is 10.7 Å². The van der Waals surface area contributed by atoms with Crippen molar-refractivity contribution < 1.29 is 38.1 Å². The van der Waals surface area contributed by atoms with Crippen molar-refractivity contribution in [3.05, 3.63) is 75.3 Å². The number of methoxy groups -OCH3 is 3. The van der Waals surface area contributed by atoms with Gasteiger partial charge in [0.15, 0.2) is 23.0 Å². The van der Waals surface area contributed by atoms with Crippen LogP contribution in [0.2, 0.25) is 10.0 Å². The van der Waals surface area contributed by atoms with Crippen LogP contribution in [0, 0.1) is 0 Å². The summed E-state index contributed by atoms with van der Waals surface area (Å²) in [4.78, 5) is 37.4. The highest BCUT2D eigenvalue weighted by Gasteiger charge is 2.18. The number of esters is 1. The quantitative estimate of drug-likeness (QED) is 0.134. The number of hydrazone groups is 1. The fourth-order valence-corrected chi connectivity index (χ4v) is 3.95. The Morgan fingerprint density at radius 1 is 0.878 bits per heavy atom. The molecular weight excluding hydrogens is 577 g/mol. The molecule has 0 aliphatic rings. The monoisotopic (exact) mass is 603 g/mol. The van der Waals surface area contributed by atoms with Crippen molar-refractivity contribution in [1.29, 1.82) is 0 Å². The largest absolute Gasteiger partial charge is 0.493 e. The van der Waals surface area contributed by atoms with E-state index in [1.807, 2.05) is 0 Å². The van der Waals surface area contributed by atoms with Crippen LogP contribution >= 0.6 is 23.2 Å². The van der Waals surface area contributed by atoms with Gasteiger partial charge in [-0.2, -0.15) is 5.10 Å². The average molecular weight is 604 g/mol. The van der Waals surface area contributed by atoms with Crippen molar-refractivity contribution in [2.45, 2.75) is 6.92 Å². The van der Waals surface area contributed by atoms with Gasteiger partial charge in [0.2, 0.25) is 5.75 Å². The number of carbonyl (C=O) groups excluding carboxylic acids is 3. The summed E-state index contributed by atoms with van der Waals surface area (Å²) in [6.07, 6.45) is 1.36. The van der Waals surface area contributed by atoms with Crippen LogP contribution in [0.5, 0.6) is 28.7 Å². The maximum absolute atomic E-state index is 12.6. The maximum Gasteiger partial charge on any atom is 0.345 e. The van der Waals surface area contributed by atoms with Crippen molar-refractivity contribution in [2.75, 3.05) is 34.5 Å². The average Bonchev–Trinajstić information content (AvgIpc) is 2.96. The Kier molecular flexibility index (Phi) is 11.2. The zero-order chi connectivity index (χ0) is 29.9. The minimum absolute atomic E-state index is 0.143. The molecule has 3 rings (SSSR count). The van der Waals surface area contributed by atoms with Crippen molar-refractivity contribution in [2.24, 2.45) is 5.10 Å². The highest BCUT2D eigenvalue weighted by Crippen LogP contribution is 2.38. The molecule has 0 spiro atoms. The molecule has 0 saturated carbocycles. The lowest BCUT2D eigenvalue weighted by Crippen LogP contribution is -2.34. The predicted molar refractivity (Wildman–Crippen MR) is 153 cm³/mol. The highest BCUT2D eigenvalue weighted by molar-refractivity contribution is 6.36. The van der Waals surface area contributed by atoms with E-state index < -0.39 is 17.8 Å². The smallest absolute Gasteiger partial charge is 0.345 e. The molecule has 216 valence electrons. The molecule has 0 aliphatic heterocycles. The molecule has 11 nitrogen and oxygen atoms in total. The topological polar surface area (TPSA) is 134 Å². The fourth-order valence-electron chi connectivity index (χ4n) is 3.46. The molecule has 0 radical (unpaired) electrons. The number of benzene rings is 3. The summed E-state index contributed by atoms with van der Waals surface area (Å²) in [5.41, 5.74) is 3.22. The minimum atomic E-state index is -0.685. The van der Waals surface area contributed by atoms with E-state index in [2.05, 4.69) is 15.8 Å². The minimum Gasteiger partial charge on any atom is -0.493 e. The lowest BCUT2D eigenvalue weighted by Gasteiger charge is -2.14. The number of carbonyl (C=O) groups is 3. The van der Waals surface area contributed by atoms with E-state index in [4.69, 9.17) is 46.9 Å². The molecule has 0 atom stereocenters. The molecule has 0 aromatic heterocycles. The van der Waals surface area contributed by atoms with E-state index in [1.54, 1.807) is 19.1 Å². The summed E-state index contributed by atoms with van der Waals surface area (Å²) in [7, 11) is 4.31. The second-order valence-corrected chi connectivity index (χ2v) is 8.89. The van der Waals surface area contributed by atoms with E-state index in [0.29, 0.717) is 34.4 Å². The summed E-state index contributed by atoms with van der Waals surface area (Å²) in [5, 5.41) is 6.94. The van der Waals surface area contributed by atoms with Gasteiger partial charge < -0.3 is 29.0 Å². The van der Waals surface area contributed by atoms with Crippen LogP contribution in [0.3, 0.4) is 0 Å². The number of halogens is 2. The first-order valence-electron chi connectivity index (χ1n) is 12.0. The van der Waals surface area contributed by atoms with Gasteiger partial charge in [0, 0.05) is 10.6 Å². The molecule has 2 N–H and O–H groups in total. The molecule has 41 heavy (non-hydrogen) atoms. The van der Waals surface area contributed by atoms with Gasteiger partial charge in [-0.1, -0.05) is 23.2 Å². The van der Waals surface area contributed by atoms with E-state index in [9.17, 15) is 14.4 Å². The Labute approximate surface area is 246 Å². The first-order chi connectivity index (χ1) is 19.7. The van der Waals surface area contributed by atoms with Crippen LogP contribution in [-0.4, -0.2) is 58.5 Å². The first-order valence-corrected chi connectivity index (χ1v) is 12.8. The molecule has 0 bridgehead atoms. The van der Waals surface area contributed by atoms with Gasteiger partial charge in [0.25, 0.3) is 11.8 Å². The molecule has 0 heterocycles. The van der Waals surface area contributed by atoms with Crippen LogP contribution in [0.4, 0.5) is 0 Å². The van der Waals surface area contributed by atoms with Gasteiger partial charge >= 0.3 is 5.97 Å². The van der Waals surface area contributed by atoms with Gasteiger partial charge in [0.05, 0.1) is 51.3 Å². The zero-order valence-corrected chi connectivity index (χ0v) is 24.1. The van der Waals surface area contributed by atoms with Gasteiger partial charge in [-0.25, -0.2) is 10.2 Å². The number of hydrogen-bond donors (Lipinski definition) is 2. The van der Waals surface area contributed by atoms with Gasteiger partial charge in [-0.15, -0.1) is 0 Å². The van der Waals surface area contributed by atoms with Crippen LogP contribution in [0.15, 0.2) is 53.6 Å². The number of nitrogens with one attached hydrogen (secondary N) is 2. The Morgan fingerprint density at radius 2 is 1.59 bits per heavy atom. The van der Waals surface area contributed by atoms with Gasteiger partial charge in [-0.3, -0.25) is 9.59 Å². The van der Waals surface area contributed by atoms with Crippen molar-refractivity contribution >= 4 is 47.2 Å². The number of hydrogen-bond acceptors (Lipinski definition) is 9. The third-order valence-electron chi connectivity index (χ3n) is 5.36. The number of ether oxygens (including phenoxy) is 5. The standard InChI is InChI=1S/C28H27Cl2N3O8/c1-5-40-22-10-16(6-9-21(22)41-28(36)19-8-7-18(29)13-20(19)30)14-32-33-25(34)15-31-27(35)17-11-23(37-2)26(39-4)24(12-17)38-3/h6-14H,5,15H2,1-4H3,(H,31,35)(H,33,34)/b32-14+. The summed E-state index contributed by atoms with van der Waals surface area (Å²) in [6.45, 7) is 1.73. The van der Waals surface area contributed by atoms with E-state index >= 15 is 0 Å². The molecule has 3 aromatic carbocycles.